The van der Waals surface area contributed by atoms with Crippen LogP contribution in [0.4, 0.5) is 10.8 Å². The summed E-state index contributed by atoms with van der Waals surface area (Å²) in [7, 11) is 0. The van der Waals surface area contributed by atoms with Gasteiger partial charge in [0.25, 0.3) is 5.91 Å². The third-order valence-electron chi connectivity index (χ3n) is 3.94. The van der Waals surface area contributed by atoms with E-state index in [1.165, 1.54) is 22.7 Å². The van der Waals surface area contributed by atoms with E-state index < -0.39 is 0 Å². The Morgan fingerprint density at radius 3 is 2.88 bits per heavy atom. The minimum atomic E-state index is -0.278. The van der Waals surface area contributed by atoms with Crippen molar-refractivity contribution in [1.82, 2.24) is 15.2 Å². The zero-order valence-corrected chi connectivity index (χ0v) is 15.3. The average molecular weight is 369 g/mol. The molecule has 6 nitrogen and oxygen atoms in total. The summed E-state index contributed by atoms with van der Waals surface area (Å²) >= 11 is 2.66. The Kier molecular flexibility index (Phi) is 3.85. The van der Waals surface area contributed by atoms with Gasteiger partial charge < -0.3 is 5.73 Å². The summed E-state index contributed by atoms with van der Waals surface area (Å²) in [4.78, 5) is 18.5. The van der Waals surface area contributed by atoms with Crippen LogP contribution in [0.1, 0.15) is 27.2 Å². The van der Waals surface area contributed by atoms with Crippen LogP contribution in [0.15, 0.2) is 24.3 Å². The van der Waals surface area contributed by atoms with E-state index in [4.69, 9.17) is 10.7 Å². The fourth-order valence-electron chi connectivity index (χ4n) is 2.64. The molecule has 1 amide bonds. The van der Waals surface area contributed by atoms with Gasteiger partial charge in [-0.15, -0.1) is 21.5 Å². The number of rotatable bonds is 3. The average Bonchev–Trinajstić information content (AvgIpc) is 3.18. The van der Waals surface area contributed by atoms with Gasteiger partial charge in [-0.25, -0.2) is 4.98 Å². The summed E-state index contributed by atoms with van der Waals surface area (Å²) in [5.41, 5.74) is 8.71. The van der Waals surface area contributed by atoms with Gasteiger partial charge in [-0.1, -0.05) is 36.5 Å². The van der Waals surface area contributed by atoms with Gasteiger partial charge in [0.1, 0.15) is 14.7 Å². The number of nitrogens with two attached hydrogens (primary N) is 1. The van der Waals surface area contributed by atoms with Crippen LogP contribution >= 0.6 is 22.7 Å². The minimum absolute atomic E-state index is 0.278. The summed E-state index contributed by atoms with van der Waals surface area (Å²) in [5, 5.41) is 13.9. The number of amides is 1. The number of thiophene rings is 1. The number of hydrogen-bond donors (Lipinski definition) is 2. The Bertz CT molecular complexity index is 1120. The molecule has 0 aliphatic heterocycles. The van der Waals surface area contributed by atoms with Gasteiger partial charge in [0.05, 0.1) is 11.2 Å². The Morgan fingerprint density at radius 2 is 2.12 bits per heavy atom. The maximum atomic E-state index is 12.6. The summed E-state index contributed by atoms with van der Waals surface area (Å²) in [6.07, 6.45) is 0.786. The fourth-order valence-corrected chi connectivity index (χ4v) is 4.29. The molecule has 0 fully saturated rings. The lowest BCUT2D eigenvalue weighted by Gasteiger charge is -2.01. The van der Waals surface area contributed by atoms with Gasteiger partial charge in [-0.05, 0) is 25.0 Å². The first-order chi connectivity index (χ1) is 12.1. The van der Waals surface area contributed by atoms with E-state index in [-0.39, 0.29) is 5.91 Å². The number of carbonyl (C=O) groups excluding carboxylic acids is 1. The Balaban J connectivity index is 1.76. The molecule has 3 N–H and O–H groups in total. The predicted octanol–water partition coefficient (Wildman–Crippen LogP) is 4.01. The molecule has 0 saturated heterocycles. The second-order valence-electron chi connectivity index (χ2n) is 5.64. The molecule has 0 aliphatic rings. The van der Waals surface area contributed by atoms with Gasteiger partial charge >= 0.3 is 0 Å². The van der Waals surface area contributed by atoms with E-state index in [1.54, 1.807) is 0 Å². The van der Waals surface area contributed by atoms with Crippen molar-refractivity contribution in [3.8, 4) is 0 Å². The monoisotopic (exact) mass is 369 g/mol. The van der Waals surface area contributed by atoms with Crippen LogP contribution in [0, 0.1) is 6.92 Å². The minimum Gasteiger partial charge on any atom is -0.397 e. The lowest BCUT2D eigenvalue weighted by molar-refractivity contribution is 0.103. The summed E-state index contributed by atoms with van der Waals surface area (Å²) in [5.74, 6) is -0.278. The van der Waals surface area contributed by atoms with Crippen LogP contribution in [0.3, 0.4) is 0 Å². The molecule has 0 atom stereocenters. The zero-order chi connectivity index (χ0) is 17.6. The third-order valence-corrected chi connectivity index (χ3v) is 6.04. The van der Waals surface area contributed by atoms with Crippen molar-refractivity contribution in [2.75, 3.05) is 11.1 Å². The van der Waals surface area contributed by atoms with Crippen LogP contribution in [0.5, 0.6) is 0 Å². The fraction of sp³-hybridized carbons (Fsp3) is 0.176. The van der Waals surface area contributed by atoms with Gasteiger partial charge in [-0.2, -0.15) is 0 Å². The number of hydrogen-bond acceptors (Lipinski definition) is 7. The second-order valence-corrected chi connectivity index (χ2v) is 7.70. The van der Waals surface area contributed by atoms with Crippen molar-refractivity contribution in [3.63, 3.8) is 0 Å². The highest BCUT2D eigenvalue weighted by Crippen LogP contribution is 2.35. The van der Waals surface area contributed by atoms with Crippen LogP contribution in [-0.2, 0) is 6.42 Å². The standard InChI is InChI=1S/C17H15N5OS2/c1-3-11-21-22-17(24-11)20-15(23)14-12(18)10-7-9-6-4-5-8(2)13(9)19-16(10)25-14/h4-7H,3,18H2,1-2H3,(H,20,22,23). The number of para-hydroxylation sites is 1. The van der Waals surface area contributed by atoms with Gasteiger partial charge in [0.2, 0.25) is 5.13 Å². The van der Waals surface area contributed by atoms with Crippen LogP contribution in [0.25, 0.3) is 21.1 Å². The molecule has 0 spiro atoms. The molecule has 0 unspecified atom stereocenters. The van der Waals surface area contributed by atoms with Crippen LogP contribution in [-0.4, -0.2) is 21.1 Å². The van der Waals surface area contributed by atoms with Gasteiger partial charge in [0, 0.05) is 10.8 Å². The van der Waals surface area contributed by atoms with Crippen LogP contribution < -0.4 is 11.1 Å². The first kappa shape index (κ1) is 15.9. The third kappa shape index (κ3) is 2.73. The first-order valence-corrected chi connectivity index (χ1v) is 9.42. The predicted molar refractivity (Wildman–Crippen MR) is 104 cm³/mol. The number of nitrogens with zero attached hydrogens (tertiary/aromatic N) is 3. The topological polar surface area (TPSA) is 93.8 Å². The van der Waals surface area contributed by atoms with Crippen molar-refractivity contribution in [1.29, 1.82) is 0 Å². The molecule has 126 valence electrons. The number of carbonyl (C=O) groups is 1. The lowest BCUT2D eigenvalue weighted by Crippen LogP contribution is -2.11. The number of benzene rings is 1. The number of aryl methyl sites for hydroxylation is 2. The zero-order valence-electron chi connectivity index (χ0n) is 13.7. The number of anilines is 2. The Hall–Kier alpha value is -2.58. The number of aromatic nitrogens is 3. The molecule has 3 heterocycles. The highest BCUT2D eigenvalue weighted by atomic mass is 32.1. The Labute approximate surface area is 151 Å². The van der Waals surface area contributed by atoms with E-state index in [1.807, 2.05) is 38.1 Å². The quantitative estimate of drug-likeness (QED) is 0.569. The largest absolute Gasteiger partial charge is 0.397 e. The molecule has 0 bridgehead atoms. The van der Waals surface area contributed by atoms with Gasteiger partial charge in [0.15, 0.2) is 0 Å². The smallest absolute Gasteiger partial charge is 0.269 e. The van der Waals surface area contributed by atoms with Crippen molar-refractivity contribution in [3.05, 3.63) is 39.7 Å². The number of fused-ring (bicyclic) bond motifs is 2. The molecule has 0 aliphatic carbocycles. The maximum absolute atomic E-state index is 12.6. The van der Waals surface area contributed by atoms with Crippen molar-refractivity contribution >= 4 is 60.5 Å². The molecule has 0 radical (unpaired) electrons. The highest BCUT2D eigenvalue weighted by Gasteiger charge is 2.19. The van der Waals surface area contributed by atoms with Crippen molar-refractivity contribution in [2.24, 2.45) is 0 Å². The molecule has 8 heteroatoms. The lowest BCUT2D eigenvalue weighted by atomic mass is 10.1. The molecule has 4 aromatic rings. The van der Waals surface area contributed by atoms with Crippen molar-refractivity contribution < 1.29 is 4.79 Å². The number of pyridine rings is 1. The summed E-state index contributed by atoms with van der Waals surface area (Å²) < 4.78 is 0. The maximum Gasteiger partial charge on any atom is 0.269 e. The molecule has 25 heavy (non-hydrogen) atoms. The molecule has 0 saturated carbocycles. The van der Waals surface area contributed by atoms with E-state index in [2.05, 4.69) is 15.5 Å². The van der Waals surface area contributed by atoms with Gasteiger partial charge in [-0.3, -0.25) is 10.1 Å². The molecular weight excluding hydrogens is 354 g/mol. The second kappa shape index (κ2) is 6.05. The van der Waals surface area contributed by atoms with E-state index >= 15 is 0 Å². The number of nitrogen functional groups attached to an aromatic ring is 1. The molecule has 3 aromatic heterocycles. The van der Waals surface area contributed by atoms with E-state index in [0.29, 0.717) is 15.7 Å². The molecular formula is C17H15N5OS2. The summed E-state index contributed by atoms with van der Waals surface area (Å²) in [6.45, 7) is 4.01. The first-order valence-electron chi connectivity index (χ1n) is 7.79. The van der Waals surface area contributed by atoms with Crippen molar-refractivity contribution in [2.45, 2.75) is 20.3 Å². The van der Waals surface area contributed by atoms with E-state index in [9.17, 15) is 4.79 Å². The molecule has 1 aromatic carbocycles. The van der Waals surface area contributed by atoms with E-state index in [0.717, 1.165) is 38.1 Å². The highest BCUT2D eigenvalue weighted by molar-refractivity contribution is 7.21. The SMILES string of the molecule is CCc1nnc(NC(=O)c2sc3nc4c(C)cccc4cc3c2N)s1. The Morgan fingerprint density at radius 1 is 1.28 bits per heavy atom. The number of nitrogens with one attached hydrogen (secondary N) is 1. The normalized spacial score (nSPS) is 11.3. The molecule has 4 rings (SSSR count). The van der Waals surface area contributed by atoms with Crippen LogP contribution in [0.2, 0.25) is 0 Å². The summed E-state index contributed by atoms with van der Waals surface area (Å²) in [6, 6.07) is 8.00.